The molecule has 9 heteroatoms. The summed E-state index contributed by atoms with van der Waals surface area (Å²) in [6.45, 7) is 2.24. The topological polar surface area (TPSA) is 83.8 Å². The maximum Gasteiger partial charge on any atom is 0.239 e. The van der Waals surface area contributed by atoms with Crippen LogP contribution < -0.4 is 10.6 Å². The summed E-state index contributed by atoms with van der Waals surface area (Å²) in [6, 6.07) is 0. The van der Waals surface area contributed by atoms with Gasteiger partial charge in [-0.3, -0.25) is 14.5 Å². The number of aliphatic imine (C=N–C) groups is 1. The van der Waals surface area contributed by atoms with Gasteiger partial charge in [-0.2, -0.15) is 5.10 Å². The summed E-state index contributed by atoms with van der Waals surface area (Å²) in [5.74, 6) is 0.629. The molecule has 0 saturated carbocycles. The van der Waals surface area contributed by atoms with Crippen molar-refractivity contribution in [1.29, 1.82) is 0 Å². The van der Waals surface area contributed by atoms with E-state index in [1.165, 1.54) is 0 Å². The van der Waals surface area contributed by atoms with Gasteiger partial charge in [-0.1, -0.05) is 0 Å². The number of rotatable bonds is 3. The van der Waals surface area contributed by atoms with Crippen molar-refractivity contribution in [2.75, 3.05) is 40.3 Å². The highest BCUT2D eigenvalue weighted by Crippen LogP contribution is 2.21. The highest BCUT2D eigenvalue weighted by atomic mass is 127. The molecule has 1 aromatic rings. The van der Waals surface area contributed by atoms with E-state index in [0.717, 1.165) is 12.1 Å². The lowest BCUT2D eigenvalue weighted by atomic mass is 10.1. The number of morpholine rings is 1. The summed E-state index contributed by atoms with van der Waals surface area (Å²) in [7, 11) is 5.20. The minimum atomic E-state index is -0.0757. The molecule has 1 unspecified atom stereocenters. The molecule has 2 N–H and O–H groups in total. The minimum absolute atomic E-state index is 0. The standard InChI is InChI=1S/C13H22N6O2.HI/c1-14-12(20)7-16-13(15-2)19-4-5-21-11(9-19)10-6-17-18(3)8-10;/h6,8,11H,4-5,7,9H2,1-3H3,(H,14,20)(H,15,16);1H. The predicted octanol–water partition coefficient (Wildman–Crippen LogP) is -0.267. The van der Waals surface area contributed by atoms with Crippen molar-refractivity contribution >= 4 is 35.8 Å². The molecule has 1 aliphatic heterocycles. The molecular formula is C13H23IN6O2. The number of ether oxygens (including phenoxy) is 1. The van der Waals surface area contributed by atoms with Crippen molar-refractivity contribution in [3.05, 3.63) is 18.0 Å². The van der Waals surface area contributed by atoms with Gasteiger partial charge in [0.25, 0.3) is 0 Å². The first-order valence-electron chi connectivity index (χ1n) is 6.90. The van der Waals surface area contributed by atoms with E-state index in [0.29, 0.717) is 19.1 Å². The second kappa shape index (κ2) is 8.93. The normalized spacial score (nSPS) is 18.6. The molecule has 0 spiro atoms. The monoisotopic (exact) mass is 422 g/mol. The van der Waals surface area contributed by atoms with Crippen LogP contribution in [-0.4, -0.2) is 66.9 Å². The van der Waals surface area contributed by atoms with Crippen LogP contribution in [0.5, 0.6) is 0 Å². The van der Waals surface area contributed by atoms with Gasteiger partial charge in [-0.15, -0.1) is 24.0 Å². The number of carbonyl (C=O) groups excluding carboxylic acids is 1. The zero-order chi connectivity index (χ0) is 15.2. The van der Waals surface area contributed by atoms with Gasteiger partial charge in [-0.25, -0.2) is 0 Å². The maximum absolute atomic E-state index is 11.3. The quantitative estimate of drug-likeness (QED) is 0.398. The van der Waals surface area contributed by atoms with E-state index in [4.69, 9.17) is 4.74 Å². The van der Waals surface area contributed by atoms with Gasteiger partial charge in [0.05, 0.1) is 25.9 Å². The molecule has 1 fully saturated rings. The second-order valence-electron chi connectivity index (χ2n) is 4.83. The maximum atomic E-state index is 11.3. The number of hydrogen-bond acceptors (Lipinski definition) is 4. The molecule has 8 nitrogen and oxygen atoms in total. The van der Waals surface area contributed by atoms with E-state index in [1.807, 2.05) is 19.4 Å². The average molecular weight is 422 g/mol. The Morgan fingerprint density at radius 2 is 2.36 bits per heavy atom. The molecule has 1 aromatic heterocycles. The summed E-state index contributed by atoms with van der Waals surface area (Å²) < 4.78 is 7.55. The third-order valence-electron chi connectivity index (χ3n) is 3.36. The minimum Gasteiger partial charge on any atom is -0.370 e. The van der Waals surface area contributed by atoms with Crippen LogP contribution in [0.25, 0.3) is 0 Å². The van der Waals surface area contributed by atoms with Gasteiger partial charge in [0, 0.05) is 39.4 Å². The highest BCUT2D eigenvalue weighted by molar-refractivity contribution is 14.0. The first-order chi connectivity index (χ1) is 10.1. The third-order valence-corrected chi connectivity index (χ3v) is 3.36. The number of halogens is 1. The SMILES string of the molecule is CN=C(NCC(=O)NC)N1CCOC(c2cnn(C)c2)C1.I. The number of carbonyl (C=O) groups is 1. The zero-order valence-corrected chi connectivity index (χ0v) is 15.4. The third kappa shape index (κ3) is 4.83. The predicted molar refractivity (Wildman–Crippen MR) is 94.3 cm³/mol. The van der Waals surface area contributed by atoms with E-state index in [9.17, 15) is 4.79 Å². The van der Waals surface area contributed by atoms with Crippen LogP contribution in [-0.2, 0) is 16.6 Å². The lowest BCUT2D eigenvalue weighted by molar-refractivity contribution is -0.119. The van der Waals surface area contributed by atoms with Crippen molar-refractivity contribution in [2.45, 2.75) is 6.10 Å². The molecule has 2 heterocycles. The molecule has 1 aliphatic rings. The molecule has 22 heavy (non-hydrogen) atoms. The van der Waals surface area contributed by atoms with Crippen LogP contribution in [0.4, 0.5) is 0 Å². The summed E-state index contributed by atoms with van der Waals surface area (Å²) in [6.07, 6.45) is 3.73. The van der Waals surface area contributed by atoms with Gasteiger partial charge in [0.15, 0.2) is 5.96 Å². The molecule has 1 saturated heterocycles. The fourth-order valence-corrected chi connectivity index (χ4v) is 2.23. The molecule has 1 atom stereocenters. The van der Waals surface area contributed by atoms with E-state index < -0.39 is 0 Å². The van der Waals surface area contributed by atoms with Gasteiger partial charge in [-0.05, 0) is 0 Å². The Morgan fingerprint density at radius 3 is 2.95 bits per heavy atom. The first kappa shape index (κ1) is 18.7. The van der Waals surface area contributed by atoms with Crippen LogP contribution in [0.3, 0.4) is 0 Å². The van der Waals surface area contributed by atoms with Crippen LogP contribution in [0.15, 0.2) is 17.4 Å². The van der Waals surface area contributed by atoms with E-state index in [-0.39, 0.29) is 42.5 Å². The number of aryl methyl sites for hydroxylation is 1. The number of aromatic nitrogens is 2. The number of nitrogens with zero attached hydrogens (tertiary/aromatic N) is 4. The van der Waals surface area contributed by atoms with Crippen molar-refractivity contribution in [3.63, 3.8) is 0 Å². The van der Waals surface area contributed by atoms with E-state index in [2.05, 4.69) is 25.6 Å². The summed E-state index contributed by atoms with van der Waals surface area (Å²) in [5, 5.41) is 9.80. The van der Waals surface area contributed by atoms with Crippen molar-refractivity contribution in [2.24, 2.45) is 12.0 Å². The van der Waals surface area contributed by atoms with Gasteiger partial charge in [0.2, 0.25) is 5.91 Å². The highest BCUT2D eigenvalue weighted by Gasteiger charge is 2.25. The molecule has 124 valence electrons. The Balaban J connectivity index is 0.00000242. The van der Waals surface area contributed by atoms with Crippen LogP contribution in [0.2, 0.25) is 0 Å². The number of amides is 1. The van der Waals surface area contributed by atoms with Crippen LogP contribution >= 0.6 is 24.0 Å². The van der Waals surface area contributed by atoms with Gasteiger partial charge < -0.3 is 20.3 Å². The van der Waals surface area contributed by atoms with Crippen molar-refractivity contribution in [3.8, 4) is 0 Å². The van der Waals surface area contributed by atoms with Crippen LogP contribution in [0.1, 0.15) is 11.7 Å². The van der Waals surface area contributed by atoms with Gasteiger partial charge >= 0.3 is 0 Å². The smallest absolute Gasteiger partial charge is 0.239 e. The summed E-state index contributed by atoms with van der Waals surface area (Å²) in [5.41, 5.74) is 1.05. The number of hydrogen-bond donors (Lipinski definition) is 2. The molecule has 0 aromatic carbocycles. The second-order valence-corrected chi connectivity index (χ2v) is 4.83. The number of nitrogens with one attached hydrogen (secondary N) is 2. The van der Waals surface area contributed by atoms with Crippen LogP contribution in [0, 0.1) is 0 Å². The van der Waals surface area contributed by atoms with Gasteiger partial charge in [0.1, 0.15) is 6.10 Å². The summed E-state index contributed by atoms with van der Waals surface area (Å²) >= 11 is 0. The molecule has 0 bridgehead atoms. The first-order valence-corrected chi connectivity index (χ1v) is 6.90. The molecular weight excluding hydrogens is 399 g/mol. The molecule has 2 rings (SSSR count). The Bertz CT molecular complexity index is 518. The fraction of sp³-hybridized carbons (Fsp3) is 0.615. The average Bonchev–Trinajstić information content (AvgIpc) is 2.94. The fourth-order valence-electron chi connectivity index (χ4n) is 2.23. The van der Waals surface area contributed by atoms with Crippen molar-refractivity contribution in [1.82, 2.24) is 25.3 Å². The molecule has 0 aliphatic carbocycles. The Hall–Kier alpha value is -1.36. The number of likely N-dealkylation sites (N-methyl/N-ethyl adjacent to an activating group) is 1. The summed E-state index contributed by atoms with van der Waals surface area (Å²) in [4.78, 5) is 17.6. The molecule has 1 amide bonds. The Morgan fingerprint density at radius 1 is 1.59 bits per heavy atom. The largest absolute Gasteiger partial charge is 0.370 e. The Labute approximate surface area is 147 Å². The van der Waals surface area contributed by atoms with Crippen molar-refractivity contribution < 1.29 is 9.53 Å². The van der Waals surface area contributed by atoms with E-state index in [1.54, 1.807) is 18.8 Å². The Kier molecular flexibility index (Phi) is 7.59. The van der Waals surface area contributed by atoms with E-state index >= 15 is 0 Å². The molecule has 0 radical (unpaired) electrons. The number of guanidine groups is 1. The zero-order valence-electron chi connectivity index (χ0n) is 13.1. The lowest BCUT2D eigenvalue weighted by Crippen LogP contribution is -2.50. The lowest BCUT2D eigenvalue weighted by Gasteiger charge is -2.34.